The Kier molecular flexibility index (Phi) is 5.01. The first-order chi connectivity index (χ1) is 12.3. The van der Waals surface area contributed by atoms with Crippen molar-refractivity contribution in [2.24, 2.45) is 0 Å². The van der Waals surface area contributed by atoms with Crippen molar-refractivity contribution in [2.75, 3.05) is 18.6 Å². The van der Waals surface area contributed by atoms with Crippen molar-refractivity contribution in [3.8, 4) is 0 Å². The number of ketones is 1. The summed E-state index contributed by atoms with van der Waals surface area (Å²) in [5.41, 5.74) is 3.29. The topological polar surface area (TPSA) is 46.6 Å². The zero-order valence-electron chi connectivity index (χ0n) is 15.0. The number of rotatable bonds is 4. The molecule has 0 unspecified atom stereocenters. The second-order valence-electron chi connectivity index (χ2n) is 6.78. The number of likely N-dealkylation sites (N-methyl/N-ethyl adjacent to an activating group) is 1. The highest BCUT2D eigenvalue weighted by Gasteiger charge is 2.38. The van der Waals surface area contributed by atoms with Crippen LogP contribution in [0.3, 0.4) is 0 Å². The second kappa shape index (κ2) is 7.08. The normalized spacial score (nSPS) is 16.5. The lowest BCUT2D eigenvalue weighted by molar-refractivity contribution is -0.117. The van der Waals surface area contributed by atoms with Gasteiger partial charge in [-0.2, -0.15) is 0 Å². The van der Waals surface area contributed by atoms with Crippen LogP contribution in [0, 0.1) is 0 Å². The Bertz CT molecular complexity index is 884. The predicted octanol–water partition coefficient (Wildman–Crippen LogP) is 4.49. The van der Waals surface area contributed by atoms with Gasteiger partial charge >= 0.3 is 5.97 Å². The molecule has 0 fully saturated rings. The first kappa shape index (κ1) is 18.4. The van der Waals surface area contributed by atoms with Gasteiger partial charge < -0.3 is 9.64 Å². The number of fused-ring (bicyclic) bond motifs is 1. The summed E-state index contributed by atoms with van der Waals surface area (Å²) in [6, 6.07) is 14.9. The first-order valence-electron chi connectivity index (χ1n) is 8.31. The van der Waals surface area contributed by atoms with E-state index in [1.807, 2.05) is 30.1 Å². The number of para-hydroxylation sites is 1. The van der Waals surface area contributed by atoms with Crippen molar-refractivity contribution in [2.45, 2.75) is 19.3 Å². The Morgan fingerprint density at radius 3 is 2.42 bits per heavy atom. The molecule has 0 N–H and O–H groups in total. The van der Waals surface area contributed by atoms with Crippen LogP contribution in [0.25, 0.3) is 0 Å². The van der Waals surface area contributed by atoms with Gasteiger partial charge in [-0.15, -0.1) is 0 Å². The van der Waals surface area contributed by atoms with Gasteiger partial charge in [-0.3, -0.25) is 4.79 Å². The third kappa shape index (κ3) is 3.44. The number of hydrogen-bond acceptors (Lipinski definition) is 4. The smallest absolute Gasteiger partial charge is 0.338 e. The summed E-state index contributed by atoms with van der Waals surface area (Å²) in [4.78, 5) is 26.5. The van der Waals surface area contributed by atoms with E-state index in [0.29, 0.717) is 5.56 Å². The molecule has 0 saturated carbocycles. The van der Waals surface area contributed by atoms with Crippen LogP contribution >= 0.6 is 15.9 Å². The van der Waals surface area contributed by atoms with Crippen LogP contribution in [-0.4, -0.2) is 25.4 Å². The number of nitrogens with zero attached hydrogens (tertiary/aromatic N) is 1. The number of anilines is 1. The van der Waals surface area contributed by atoms with E-state index in [-0.39, 0.29) is 17.8 Å². The van der Waals surface area contributed by atoms with Crippen LogP contribution in [-0.2, 0) is 14.9 Å². The summed E-state index contributed by atoms with van der Waals surface area (Å²) >= 11 is 3.32. The molecular weight excluding hydrogens is 394 g/mol. The number of esters is 1. The molecule has 26 heavy (non-hydrogen) atoms. The SMILES string of the molecule is CN1C(=CC(=O)COC(=O)c2ccc(Br)cc2)C(C)(C)c2ccccc21. The van der Waals surface area contributed by atoms with Crippen molar-refractivity contribution < 1.29 is 14.3 Å². The van der Waals surface area contributed by atoms with E-state index in [1.165, 1.54) is 5.56 Å². The number of hydrogen-bond donors (Lipinski definition) is 0. The molecule has 0 saturated heterocycles. The van der Waals surface area contributed by atoms with Crippen molar-refractivity contribution >= 4 is 33.4 Å². The Morgan fingerprint density at radius 2 is 1.77 bits per heavy atom. The summed E-state index contributed by atoms with van der Waals surface area (Å²) in [5.74, 6) is -0.746. The predicted molar refractivity (Wildman–Crippen MR) is 105 cm³/mol. The molecule has 2 aromatic carbocycles. The number of benzene rings is 2. The maximum Gasteiger partial charge on any atom is 0.338 e. The fraction of sp³-hybridized carbons (Fsp3) is 0.238. The van der Waals surface area contributed by atoms with Crippen molar-refractivity contribution in [3.63, 3.8) is 0 Å². The molecule has 0 radical (unpaired) electrons. The monoisotopic (exact) mass is 413 g/mol. The highest BCUT2D eigenvalue weighted by molar-refractivity contribution is 9.10. The summed E-state index contributed by atoms with van der Waals surface area (Å²) in [7, 11) is 1.94. The van der Waals surface area contributed by atoms with Crippen molar-refractivity contribution in [1.82, 2.24) is 0 Å². The molecule has 0 aliphatic carbocycles. The average molecular weight is 414 g/mol. The number of ether oxygens (including phenoxy) is 1. The van der Waals surface area contributed by atoms with Gasteiger partial charge in [-0.1, -0.05) is 48.0 Å². The van der Waals surface area contributed by atoms with Gasteiger partial charge in [-0.25, -0.2) is 4.79 Å². The standard InChI is InChI=1S/C21H20BrNO3/c1-21(2)17-6-4-5-7-18(17)23(3)19(21)12-16(24)13-26-20(25)14-8-10-15(22)11-9-14/h4-12H,13H2,1-3H3. The van der Waals surface area contributed by atoms with Crippen LogP contribution in [0.2, 0.25) is 0 Å². The largest absolute Gasteiger partial charge is 0.454 e. The lowest BCUT2D eigenvalue weighted by Gasteiger charge is -2.23. The van der Waals surface area contributed by atoms with Gasteiger partial charge in [0, 0.05) is 34.4 Å². The summed E-state index contributed by atoms with van der Waals surface area (Å²) in [6.07, 6.45) is 1.58. The Balaban J connectivity index is 1.71. The highest BCUT2D eigenvalue weighted by atomic mass is 79.9. The quantitative estimate of drug-likeness (QED) is 0.547. The van der Waals surface area contributed by atoms with E-state index in [1.54, 1.807) is 30.3 Å². The number of halogens is 1. The molecule has 0 aromatic heterocycles. The number of carbonyl (C=O) groups is 2. The average Bonchev–Trinajstić information content (AvgIpc) is 2.81. The molecule has 1 aliphatic heterocycles. The van der Waals surface area contributed by atoms with Crippen molar-refractivity contribution in [1.29, 1.82) is 0 Å². The third-order valence-electron chi connectivity index (χ3n) is 4.66. The minimum atomic E-state index is -0.508. The highest BCUT2D eigenvalue weighted by Crippen LogP contribution is 2.46. The van der Waals surface area contributed by atoms with Crippen LogP contribution < -0.4 is 4.90 Å². The van der Waals surface area contributed by atoms with Crippen LogP contribution in [0.4, 0.5) is 5.69 Å². The Labute approximate surface area is 161 Å². The molecule has 3 rings (SSSR count). The molecule has 0 spiro atoms. The lowest BCUT2D eigenvalue weighted by atomic mass is 9.83. The number of carbonyl (C=O) groups excluding carboxylic acids is 2. The van der Waals surface area contributed by atoms with E-state index in [4.69, 9.17) is 4.74 Å². The minimum absolute atomic E-state index is 0.238. The maximum absolute atomic E-state index is 12.4. The molecule has 0 atom stereocenters. The fourth-order valence-electron chi connectivity index (χ4n) is 3.26. The van der Waals surface area contributed by atoms with E-state index >= 15 is 0 Å². The van der Waals surface area contributed by atoms with Gasteiger partial charge in [0.2, 0.25) is 0 Å². The molecule has 0 bridgehead atoms. The molecule has 4 nitrogen and oxygen atoms in total. The molecule has 0 amide bonds. The summed E-state index contributed by atoms with van der Waals surface area (Å²) < 4.78 is 6.03. The minimum Gasteiger partial charge on any atom is -0.454 e. The Morgan fingerprint density at radius 1 is 1.12 bits per heavy atom. The maximum atomic E-state index is 12.4. The van der Waals surface area contributed by atoms with Crippen LogP contribution in [0.15, 0.2) is 64.8 Å². The Hall–Kier alpha value is -2.40. The molecule has 2 aromatic rings. The molecule has 1 heterocycles. The number of allylic oxidation sites excluding steroid dienone is 1. The van der Waals surface area contributed by atoms with Gasteiger partial charge in [0.05, 0.1) is 5.56 Å². The molecule has 134 valence electrons. The van der Waals surface area contributed by atoms with Gasteiger partial charge in [-0.05, 0) is 35.9 Å². The molecule has 1 aliphatic rings. The van der Waals surface area contributed by atoms with E-state index < -0.39 is 5.97 Å². The van der Waals surface area contributed by atoms with E-state index in [0.717, 1.165) is 15.9 Å². The zero-order valence-corrected chi connectivity index (χ0v) is 16.5. The lowest BCUT2D eigenvalue weighted by Crippen LogP contribution is -2.25. The molecular formula is C21H20BrNO3. The first-order valence-corrected chi connectivity index (χ1v) is 9.11. The fourth-order valence-corrected chi connectivity index (χ4v) is 3.52. The van der Waals surface area contributed by atoms with Gasteiger partial charge in [0.1, 0.15) is 0 Å². The summed E-state index contributed by atoms with van der Waals surface area (Å²) in [6.45, 7) is 3.89. The second-order valence-corrected chi connectivity index (χ2v) is 7.70. The van der Waals surface area contributed by atoms with Crippen LogP contribution in [0.5, 0.6) is 0 Å². The zero-order chi connectivity index (χ0) is 18.9. The summed E-state index contributed by atoms with van der Waals surface area (Å²) in [5, 5.41) is 0. The van der Waals surface area contributed by atoms with Crippen LogP contribution in [0.1, 0.15) is 29.8 Å². The van der Waals surface area contributed by atoms with Gasteiger partial charge in [0.15, 0.2) is 12.4 Å². The molecule has 5 heteroatoms. The van der Waals surface area contributed by atoms with E-state index in [9.17, 15) is 9.59 Å². The van der Waals surface area contributed by atoms with E-state index in [2.05, 4.69) is 35.8 Å². The third-order valence-corrected chi connectivity index (χ3v) is 5.19. The van der Waals surface area contributed by atoms with Gasteiger partial charge in [0.25, 0.3) is 0 Å². The van der Waals surface area contributed by atoms with Crippen molar-refractivity contribution in [3.05, 3.63) is 75.9 Å².